The van der Waals surface area contributed by atoms with E-state index in [9.17, 15) is 4.79 Å². The maximum absolute atomic E-state index is 13.2. The highest BCUT2D eigenvalue weighted by molar-refractivity contribution is 7.99. The molecule has 0 spiro atoms. The number of fused-ring (bicyclic) bond motifs is 1. The summed E-state index contributed by atoms with van der Waals surface area (Å²) in [4.78, 5) is 26.4. The zero-order valence-electron chi connectivity index (χ0n) is 17.5. The lowest BCUT2D eigenvalue weighted by atomic mass is 10.2. The fourth-order valence-corrected chi connectivity index (χ4v) is 5.67. The van der Waals surface area contributed by atoms with Gasteiger partial charge >= 0.3 is 0 Å². The molecule has 32 heavy (non-hydrogen) atoms. The zero-order chi connectivity index (χ0) is 22.3. The Hall–Kier alpha value is -2.06. The van der Waals surface area contributed by atoms with Crippen LogP contribution in [0.1, 0.15) is 18.4 Å². The Morgan fingerprint density at radius 3 is 2.69 bits per heavy atom. The molecule has 0 aliphatic rings. The molecule has 0 fully saturated rings. The first-order chi connectivity index (χ1) is 15.6. The van der Waals surface area contributed by atoms with Crippen molar-refractivity contribution in [2.45, 2.75) is 29.2 Å². The van der Waals surface area contributed by atoms with Gasteiger partial charge in [0.1, 0.15) is 0 Å². The first-order valence-corrected chi connectivity index (χ1v) is 13.5. The van der Waals surface area contributed by atoms with Crippen LogP contribution in [0.3, 0.4) is 0 Å². The topological polar surface area (TPSA) is 46.1 Å². The summed E-state index contributed by atoms with van der Waals surface area (Å²) >= 11 is 11.0. The Kier molecular flexibility index (Phi) is 8.08. The number of aromatic nitrogens is 2. The average molecular weight is 500 g/mol. The molecule has 4 rings (SSSR count). The number of hydrogen-bond donors (Lipinski definition) is 0. The van der Waals surface area contributed by atoms with Gasteiger partial charge in [-0.2, -0.15) is 0 Å². The summed E-state index contributed by atoms with van der Waals surface area (Å²) in [6.45, 7) is 0.464. The van der Waals surface area contributed by atoms with Crippen molar-refractivity contribution < 1.29 is 4.79 Å². The van der Waals surface area contributed by atoms with E-state index in [1.807, 2.05) is 42.5 Å². The number of thioether (sulfide) groups is 2. The van der Waals surface area contributed by atoms with E-state index < -0.39 is 0 Å². The summed E-state index contributed by atoms with van der Waals surface area (Å²) in [6, 6.07) is 17.9. The molecule has 0 unspecified atom stereocenters. The minimum Gasteiger partial charge on any atom is -0.284 e. The second kappa shape index (κ2) is 11.2. The predicted octanol–water partition coefficient (Wildman–Crippen LogP) is 7.17. The Labute approximate surface area is 205 Å². The molecule has 0 bridgehead atoms. The number of nitrogens with zero attached hydrogens (tertiary/aromatic N) is 3. The third-order valence-electron chi connectivity index (χ3n) is 4.80. The fourth-order valence-electron chi connectivity index (χ4n) is 3.15. The molecule has 4 aromatic rings. The lowest BCUT2D eigenvalue weighted by molar-refractivity contribution is -0.118. The van der Waals surface area contributed by atoms with Crippen molar-refractivity contribution in [1.29, 1.82) is 0 Å². The molecular weight excluding hydrogens is 478 g/mol. The molecule has 0 radical (unpaired) electrons. The second-order valence-electron chi connectivity index (χ2n) is 7.08. The van der Waals surface area contributed by atoms with Crippen molar-refractivity contribution in [3.05, 3.63) is 77.6 Å². The van der Waals surface area contributed by atoms with Gasteiger partial charge in [-0.1, -0.05) is 29.0 Å². The van der Waals surface area contributed by atoms with E-state index in [0.717, 1.165) is 43.0 Å². The van der Waals surface area contributed by atoms with Crippen molar-refractivity contribution in [3.63, 3.8) is 0 Å². The Bertz CT molecular complexity index is 1180. The zero-order valence-corrected chi connectivity index (χ0v) is 20.7. The van der Waals surface area contributed by atoms with Gasteiger partial charge < -0.3 is 0 Å². The quantitative estimate of drug-likeness (QED) is 0.180. The van der Waals surface area contributed by atoms with Crippen molar-refractivity contribution in [2.24, 2.45) is 0 Å². The lowest BCUT2D eigenvalue weighted by Gasteiger charge is -2.20. The molecule has 2 heterocycles. The monoisotopic (exact) mass is 499 g/mol. The Morgan fingerprint density at radius 2 is 1.94 bits per heavy atom. The number of carbonyl (C=O) groups is 1. The van der Waals surface area contributed by atoms with Gasteiger partial charge in [0, 0.05) is 33.6 Å². The van der Waals surface area contributed by atoms with Crippen LogP contribution < -0.4 is 4.90 Å². The Morgan fingerprint density at radius 1 is 1.12 bits per heavy atom. The van der Waals surface area contributed by atoms with Crippen LogP contribution in [-0.4, -0.2) is 27.9 Å². The van der Waals surface area contributed by atoms with Gasteiger partial charge in [0.05, 0.1) is 16.8 Å². The van der Waals surface area contributed by atoms with Gasteiger partial charge in [0.2, 0.25) is 5.91 Å². The molecule has 0 saturated heterocycles. The van der Waals surface area contributed by atoms with Gasteiger partial charge in [-0.15, -0.1) is 23.5 Å². The molecule has 0 atom stereocenters. The van der Waals surface area contributed by atoms with Crippen LogP contribution in [0.2, 0.25) is 5.02 Å². The molecule has 8 heteroatoms. The third kappa shape index (κ3) is 6.04. The van der Waals surface area contributed by atoms with Crippen LogP contribution >= 0.6 is 46.5 Å². The summed E-state index contributed by atoms with van der Waals surface area (Å²) in [5, 5.41) is 1.47. The number of amides is 1. The summed E-state index contributed by atoms with van der Waals surface area (Å²) in [6.07, 6.45) is 6.86. The molecule has 1 amide bonds. The molecule has 0 aliphatic heterocycles. The summed E-state index contributed by atoms with van der Waals surface area (Å²) in [5.41, 5.74) is 1.91. The molecule has 0 N–H and O–H groups in total. The predicted molar refractivity (Wildman–Crippen MR) is 138 cm³/mol. The number of hydrogen-bond acceptors (Lipinski definition) is 6. The largest absolute Gasteiger partial charge is 0.284 e. The van der Waals surface area contributed by atoms with Crippen LogP contribution in [-0.2, 0) is 11.3 Å². The van der Waals surface area contributed by atoms with E-state index in [4.69, 9.17) is 16.6 Å². The normalized spacial score (nSPS) is 11.1. The van der Waals surface area contributed by atoms with Gasteiger partial charge in [-0.3, -0.25) is 14.7 Å². The van der Waals surface area contributed by atoms with Gasteiger partial charge in [0.15, 0.2) is 5.13 Å². The van der Waals surface area contributed by atoms with E-state index >= 15 is 0 Å². The number of anilines is 1. The minimum absolute atomic E-state index is 0.0784. The van der Waals surface area contributed by atoms with E-state index in [0.29, 0.717) is 13.0 Å². The standard InChI is InChI=1S/C24H22ClN3OS3/c1-30-20-10-11-21-22(14-20)32-24(27-21)28(16-17-4-2-12-26-15-17)23(29)5-3-13-31-19-8-6-18(25)7-9-19/h2,4,6-12,14-15H,3,5,13,16H2,1H3. The minimum atomic E-state index is 0.0784. The number of thiazole rings is 1. The van der Waals surface area contributed by atoms with Crippen LogP contribution in [0.4, 0.5) is 5.13 Å². The van der Waals surface area contributed by atoms with Crippen LogP contribution in [0, 0.1) is 0 Å². The van der Waals surface area contributed by atoms with Crippen molar-refractivity contribution >= 4 is 67.7 Å². The molecule has 0 aliphatic carbocycles. The lowest BCUT2D eigenvalue weighted by Crippen LogP contribution is -2.30. The number of benzene rings is 2. The summed E-state index contributed by atoms with van der Waals surface area (Å²) in [7, 11) is 0. The molecular formula is C24H22ClN3OS3. The van der Waals surface area contributed by atoms with Gasteiger partial charge in [0.25, 0.3) is 0 Å². The molecule has 4 nitrogen and oxygen atoms in total. The highest BCUT2D eigenvalue weighted by atomic mass is 35.5. The molecule has 164 valence electrons. The smallest absolute Gasteiger partial charge is 0.229 e. The number of rotatable bonds is 9. The van der Waals surface area contributed by atoms with E-state index in [1.54, 1.807) is 52.2 Å². The number of halogens is 1. The van der Waals surface area contributed by atoms with Gasteiger partial charge in [-0.25, -0.2) is 4.98 Å². The van der Waals surface area contributed by atoms with Crippen LogP contribution in [0.5, 0.6) is 0 Å². The fraction of sp³-hybridized carbons (Fsp3) is 0.208. The maximum atomic E-state index is 13.2. The van der Waals surface area contributed by atoms with Crippen molar-refractivity contribution in [1.82, 2.24) is 9.97 Å². The number of pyridine rings is 1. The SMILES string of the molecule is CSc1ccc2nc(N(Cc3cccnc3)C(=O)CCCSc3ccc(Cl)cc3)sc2c1. The third-order valence-corrected chi connectivity index (χ3v) is 7.91. The first-order valence-electron chi connectivity index (χ1n) is 10.1. The molecule has 2 aromatic carbocycles. The molecule has 0 saturated carbocycles. The van der Waals surface area contributed by atoms with E-state index in [-0.39, 0.29) is 5.91 Å². The maximum Gasteiger partial charge on any atom is 0.229 e. The summed E-state index contributed by atoms with van der Waals surface area (Å²) < 4.78 is 1.09. The average Bonchev–Trinajstić information content (AvgIpc) is 3.25. The van der Waals surface area contributed by atoms with Gasteiger partial charge in [-0.05, 0) is 72.5 Å². The van der Waals surface area contributed by atoms with Crippen LogP contribution in [0.25, 0.3) is 10.2 Å². The molecule has 2 aromatic heterocycles. The van der Waals surface area contributed by atoms with Crippen LogP contribution in [0.15, 0.2) is 76.8 Å². The highest BCUT2D eigenvalue weighted by Gasteiger charge is 2.20. The van der Waals surface area contributed by atoms with Crippen molar-refractivity contribution in [3.8, 4) is 0 Å². The van der Waals surface area contributed by atoms with E-state index in [2.05, 4.69) is 23.4 Å². The Balaban J connectivity index is 1.47. The highest BCUT2D eigenvalue weighted by Crippen LogP contribution is 2.33. The second-order valence-corrected chi connectivity index (χ2v) is 10.6. The van der Waals surface area contributed by atoms with E-state index in [1.165, 1.54) is 4.90 Å². The number of carbonyl (C=O) groups excluding carboxylic acids is 1. The first kappa shape index (κ1) is 23.1. The van der Waals surface area contributed by atoms with Crippen molar-refractivity contribution in [2.75, 3.05) is 16.9 Å². The summed E-state index contributed by atoms with van der Waals surface area (Å²) in [5.74, 6) is 0.945.